The standard InChI is InChI=1S/C14H18O4/c1-2-6-17-12-4-3-11(9-15)14(8-12)18-13-5-7-16-10-13/h3-4,8-9,13H,2,5-7,10H2,1H3. The van der Waals surface area contributed by atoms with Gasteiger partial charge in [-0.3, -0.25) is 4.79 Å². The van der Waals surface area contributed by atoms with Crippen molar-refractivity contribution in [3.05, 3.63) is 23.8 Å². The summed E-state index contributed by atoms with van der Waals surface area (Å²) in [6, 6.07) is 5.29. The minimum Gasteiger partial charge on any atom is -0.493 e. The van der Waals surface area contributed by atoms with Gasteiger partial charge < -0.3 is 14.2 Å². The highest BCUT2D eigenvalue weighted by atomic mass is 16.5. The Morgan fingerprint density at radius 3 is 3.06 bits per heavy atom. The van der Waals surface area contributed by atoms with E-state index in [1.54, 1.807) is 18.2 Å². The molecule has 4 heteroatoms. The summed E-state index contributed by atoms with van der Waals surface area (Å²) in [4.78, 5) is 11.0. The minimum atomic E-state index is 0.0325. The second kappa shape index (κ2) is 6.40. The van der Waals surface area contributed by atoms with Crippen LogP contribution in [-0.4, -0.2) is 32.2 Å². The highest BCUT2D eigenvalue weighted by Gasteiger charge is 2.18. The van der Waals surface area contributed by atoms with E-state index < -0.39 is 0 Å². The molecule has 1 aromatic carbocycles. The third-order valence-electron chi connectivity index (χ3n) is 2.77. The van der Waals surface area contributed by atoms with Crippen molar-refractivity contribution < 1.29 is 19.0 Å². The number of carbonyl (C=O) groups excluding carboxylic acids is 1. The molecule has 2 rings (SSSR count). The van der Waals surface area contributed by atoms with Gasteiger partial charge in [0.15, 0.2) is 6.29 Å². The van der Waals surface area contributed by atoms with E-state index in [9.17, 15) is 4.79 Å². The molecule has 4 nitrogen and oxygen atoms in total. The fourth-order valence-electron chi connectivity index (χ4n) is 1.81. The van der Waals surface area contributed by atoms with Crippen molar-refractivity contribution in [1.29, 1.82) is 0 Å². The van der Waals surface area contributed by atoms with Crippen LogP contribution in [0.25, 0.3) is 0 Å². The predicted octanol–water partition coefficient (Wildman–Crippen LogP) is 2.46. The molecule has 0 radical (unpaired) electrons. The molecule has 1 heterocycles. The van der Waals surface area contributed by atoms with Crippen LogP contribution in [-0.2, 0) is 4.74 Å². The Kier molecular flexibility index (Phi) is 4.59. The van der Waals surface area contributed by atoms with Crippen molar-refractivity contribution in [2.24, 2.45) is 0 Å². The third-order valence-corrected chi connectivity index (χ3v) is 2.77. The molecule has 0 saturated carbocycles. The molecule has 0 spiro atoms. The van der Waals surface area contributed by atoms with E-state index in [-0.39, 0.29) is 6.10 Å². The zero-order valence-corrected chi connectivity index (χ0v) is 10.6. The molecular formula is C14H18O4. The van der Waals surface area contributed by atoms with Crippen LogP contribution in [0, 0.1) is 0 Å². The Hall–Kier alpha value is -1.55. The maximum absolute atomic E-state index is 11.0. The molecule has 0 aliphatic carbocycles. The number of aldehydes is 1. The monoisotopic (exact) mass is 250 g/mol. The normalized spacial score (nSPS) is 18.6. The van der Waals surface area contributed by atoms with Crippen molar-refractivity contribution in [2.45, 2.75) is 25.9 Å². The average Bonchev–Trinajstić information content (AvgIpc) is 2.89. The van der Waals surface area contributed by atoms with Crippen LogP contribution in [0.3, 0.4) is 0 Å². The number of rotatable bonds is 6. The van der Waals surface area contributed by atoms with Crippen LogP contribution in [0.15, 0.2) is 18.2 Å². The number of hydrogen-bond acceptors (Lipinski definition) is 4. The van der Waals surface area contributed by atoms with Gasteiger partial charge in [-0.1, -0.05) is 6.92 Å². The summed E-state index contributed by atoms with van der Waals surface area (Å²) in [5, 5.41) is 0. The summed E-state index contributed by atoms with van der Waals surface area (Å²) in [5.74, 6) is 1.31. The second-order valence-corrected chi connectivity index (χ2v) is 4.27. The molecule has 1 aliphatic heterocycles. The van der Waals surface area contributed by atoms with Gasteiger partial charge in [-0.15, -0.1) is 0 Å². The summed E-state index contributed by atoms with van der Waals surface area (Å²) >= 11 is 0. The fraction of sp³-hybridized carbons (Fsp3) is 0.500. The van der Waals surface area contributed by atoms with Gasteiger partial charge in [-0.05, 0) is 18.6 Å². The number of ether oxygens (including phenoxy) is 3. The van der Waals surface area contributed by atoms with E-state index in [2.05, 4.69) is 0 Å². The van der Waals surface area contributed by atoms with Crippen LogP contribution in [0.5, 0.6) is 11.5 Å². The van der Waals surface area contributed by atoms with Crippen LogP contribution < -0.4 is 9.47 Å². The van der Waals surface area contributed by atoms with E-state index in [0.29, 0.717) is 31.1 Å². The zero-order valence-electron chi connectivity index (χ0n) is 10.6. The summed E-state index contributed by atoms with van der Waals surface area (Å²) in [6.07, 6.45) is 2.64. The molecule has 1 unspecified atom stereocenters. The maximum Gasteiger partial charge on any atom is 0.153 e. The number of hydrogen-bond donors (Lipinski definition) is 0. The molecule has 1 saturated heterocycles. The summed E-state index contributed by atoms with van der Waals surface area (Å²) in [5.41, 5.74) is 0.547. The summed E-state index contributed by atoms with van der Waals surface area (Å²) < 4.78 is 16.6. The van der Waals surface area contributed by atoms with E-state index in [0.717, 1.165) is 24.9 Å². The van der Waals surface area contributed by atoms with Gasteiger partial charge in [0.05, 0.1) is 25.4 Å². The van der Waals surface area contributed by atoms with Gasteiger partial charge in [0, 0.05) is 12.5 Å². The minimum absolute atomic E-state index is 0.0325. The predicted molar refractivity (Wildman–Crippen MR) is 67.5 cm³/mol. The number of benzene rings is 1. The van der Waals surface area contributed by atoms with Gasteiger partial charge in [0.25, 0.3) is 0 Å². The van der Waals surface area contributed by atoms with Gasteiger partial charge in [-0.2, -0.15) is 0 Å². The molecule has 1 atom stereocenters. The van der Waals surface area contributed by atoms with Crippen molar-refractivity contribution in [2.75, 3.05) is 19.8 Å². The highest BCUT2D eigenvalue weighted by Crippen LogP contribution is 2.26. The summed E-state index contributed by atoms with van der Waals surface area (Å²) in [6.45, 7) is 4.00. The van der Waals surface area contributed by atoms with E-state index in [1.165, 1.54) is 0 Å². The lowest BCUT2D eigenvalue weighted by atomic mass is 10.2. The van der Waals surface area contributed by atoms with E-state index in [1.807, 2.05) is 6.92 Å². The highest BCUT2D eigenvalue weighted by molar-refractivity contribution is 5.79. The Labute approximate surface area is 107 Å². The molecule has 1 aliphatic rings. The van der Waals surface area contributed by atoms with Gasteiger partial charge in [0.1, 0.15) is 17.6 Å². The quantitative estimate of drug-likeness (QED) is 0.727. The van der Waals surface area contributed by atoms with E-state index >= 15 is 0 Å². The molecule has 0 bridgehead atoms. The van der Waals surface area contributed by atoms with Crippen LogP contribution in [0.1, 0.15) is 30.1 Å². The lowest BCUT2D eigenvalue weighted by Crippen LogP contribution is -2.16. The van der Waals surface area contributed by atoms with Crippen LogP contribution >= 0.6 is 0 Å². The molecular weight excluding hydrogens is 232 g/mol. The van der Waals surface area contributed by atoms with Gasteiger partial charge in [-0.25, -0.2) is 0 Å². The fourth-order valence-corrected chi connectivity index (χ4v) is 1.81. The first-order chi connectivity index (χ1) is 8.83. The molecule has 98 valence electrons. The molecule has 0 amide bonds. The average molecular weight is 250 g/mol. The van der Waals surface area contributed by atoms with Gasteiger partial charge >= 0.3 is 0 Å². The molecule has 1 aromatic rings. The zero-order chi connectivity index (χ0) is 12.8. The lowest BCUT2D eigenvalue weighted by molar-refractivity contribution is 0.111. The van der Waals surface area contributed by atoms with E-state index in [4.69, 9.17) is 14.2 Å². The van der Waals surface area contributed by atoms with Crippen molar-refractivity contribution in [3.63, 3.8) is 0 Å². The molecule has 0 N–H and O–H groups in total. The third kappa shape index (κ3) is 3.23. The Balaban J connectivity index is 2.10. The van der Waals surface area contributed by atoms with Crippen molar-refractivity contribution >= 4 is 6.29 Å². The Morgan fingerprint density at radius 2 is 2.39 bits per heavy atom. The van der Waals surface area contributed by atoms with Crippen LogP contribution in [0.4, 0.5) is 0 Å². The topological polar surface area (TPSA) is 44.8 Å². The summed E-state index contributed by atoms with van der Waals surface area (Å²) in [7, 11) is 0. The smallest absolute Gasteiger partial charge is 0.153 e. The van der Waals surface area contributed by atoms with Gasteiger partial charge in [0.2, 0.25) is 0 Å². The Bertz CT molecular complexity index is 397. The van der Waals surface area contributed by atoms with Crippen LogP contribution in [0.2, 0.25) is 0 Å². The lowest BCUT2D eigenvalue weighted by Gasteiger charge is -2.15. The SMILES string of the molecule is CCCOc1ccc(C=O)c(OC2CCOC2)c1. The molecule has 1 fully saturated rings. The molecule has 0 aromatic heterocycles. The largest absolute Gasteiger partial charge is 0.493 e. The first kappa shape index (κ1) is 12.9. The Morgan fingerprint density at radius 1 is 1.50 bits per heavy atom. The first-order valence-corrected chi connectivity index (χ1v) is 6.30. The van der Waals surface area contributed by atoms with Crippen molar-refractivity contribution in [1.82, 2.24) is 0 Å². The first-order valence-electron chi connectivity index (χ1n) is 6.30. The molecule has 18 heavy (non-hydrogen) atoms. The second-order valence-electron chi connectivity index (χ2n) is 4.27. The maximum atomic E-state index is 11.0. The number of carbonyl (C=O) groups is 1. The van der Waals surface area contributed by atoms with Crippen molar-refractivity contribution in [3.8, 4) is 11.5 Å².